The zero-order valence-corrected chi connectivity index (χ0v) is 10.9. The second-order valence-electron chi connectivity index (χ2n) is 3.06. The van der Waals surface area contributed by atoms with Crippen molar-refractivity contribution in [2.24, 2.45) is 0 Å². The first-order valence-electron chi connectivity index (χ1n) is 4.59. The van der Waals surface area contributed by atoms with Gasteiger partial charge in [-0.15, -0.1) is 0 Å². The average molecular weight is 341 g/mol. The maximum atomic E-state index is 12.7. The van der Waals surface area contributed by atoms with E-state index in [0.717, 1.165) is 0 Å². The molecule has 0 N–H and O–H groups in total. The maximum absolute atomic E-state index is 12.7. The lowest BCUT2D eigenvalue weighted by Crippen LogP contribution is -2.12. The molecule has 6 heteroatoms. The summed E-state index contributed by atoms with van der Waals surface area (Å²) in [6, 6.07) is 1.27. The summed E-state index contributed by atoms with van der Waals surface area (Å²) in [7, 11) is 0. The smallest absolute Gasteiger partial charge is 0.357 e. The Morgan fingerprint density at radius 3 is 2.75 bits per heavy atom. The van der Waals surface area contributed by atoms with E-state index >= 15 is 0 Å². The van der Waals surface area contributed by atoms with Crippen LogP contribution in [0.3, 0.4) is 0 Å². The van der Waals surface area contributed by atoms with Crippen molar-refractivity contribution in [3.8, 4) is 0 Å². The Morgan fingerprint density at radius 1 is 1.62 bits per heavy atom. The van der Waals surface area contributed by atoms with Crippen LogP contribution in [0.15, 0.2) is 6.07 Å². The minimum Gasteiger partial charge on any atom is -0.461 e. The van der Waals surface area contributed by atoms with E-state index in [4.69, 9.17) is 0 Å². The first-order chi connectivity index (χ1) is 7.47. The van der Waals surface area contributed by atoms with E-state index in [1.165, 1.54) is 6.07 Å². The molecule has 0 radical (unpaired) electrons. The summed E-state index contributed by atoms with van der Waals surface area (Å²) in [5, 5.41) is 0. The zero-order chi connectivity index (χ0) is 12.3. The normalized spacial score (nSPS) is 10.6. The van der Waals surface area contributed by atoms with Gasteiger partial charge in [0, 0.05) is 0 Å². The predicted octanol–water partition coefficient (Wildman–Crippen LogP) is 3.11. The van der Waals surface area contributed by atoms with Crippen LogP contribution in [0, 0.1) is 10.6 Å². The number of ether oxygens (including phenoxy) is 1. The lowest BCUT2D eigenvalue weighted by molar-refractivity contribution is 0.0507. The quantitative estimate of drug-likeness (QED) is 0.482. The molecule has 0 saturated heterocycles. The van der Waals surface area contributed by atoms with Gasteiger partial charge in [0.1, 0.15) is 3.70 Å². The van der Waals surface area contributed by atoms with Crippen LogP contribution in [0.2, 0.25) is 0 Å². The Bertz CT molecular complexity index is 410. The van der Waals surface area contributed by atoms with Crippen LogP contribution in [-0.2, 0) is 4.74 Å². The number of hydrogen-bond acceptors (Lipinski definition) is 3. The van der Waals surface area contributed by atoms with Crippen LogP contribution < -0.4 is 0 Å². The van der Waals surface area contributed by atoms with Crippen molar-refractivity contribution in [3.63, 3.8) is 0 Å². The number of carbonyl (C=O) groups is 1. The van der Waals surface area contributed by atoms with Crippen LogP contribution >= 0.6 is 22.6 Å². The van der Waals surface area contributed by atoms with Crippen molar-refractivity contribution in [3.05, 3.63) is 26.6 Å². The monoisotopic (exact) mass is 341 g/mol. The van der Waals surface area contributed by atoms with Crippen molar-refractivity contribution in [1.29, 1.82) is 0 Å². The molecule has 1 rings (SSSR count). The molecule has 16 heavy (non-hydrogen) atoms. The summed E-state index contributed by atoms with van der Waals surface area (Å²) < 4.78 is 30.6. The molecule has 1 aromatic rings. The van der Waals surface area contributed by atoms with Gasteiger partial charge in [-0.2, -0.15) is 0 Å². The summed E-state index contributed by atoms with van der Waals surface area (Å²) in [6.45, 7) is 3.41. The van der Waals surface area contributed by atoms with Gasteiger partial charge in [-0.1, -0.05) is 0 Å². The fourth-order valence-electron chi connectivity index (χ4n) is 1.14. The highest BCUT2D eigenvalue weighted by Gasteiger charge is 2.22. The van der Waals surface area contributed by atoms with Gasteiger partial charge < -0.3 is 4.74 Å². The molecule has 0 aliphatic heterocycles. The molecular formula is C10H10F2INO2. The van der Waals surface area contributed by atoms with E-state index in [2.05, 4.69) is 9.72 Å². The predicted molar refractivity (Wildman–Crippen MR) is 62.6 cm³/mol. The Labute approximate surface area is 105 Å². The number of esters is 1. The van der Waals surface area contributed by atoms with Crippen molar-refractivity contribution in [1.82, 2.24) is 4.98 Å². The van der Waals surface area contributed by atoms with Crippen molar-refractivity contribution in [2.75, 3.05) is 6.61 Å². The molecule has 0 bridgehead atoms. The second kappa shape index (κ2) is 5.51. The highest BCUT2D eigenvalue weighted by Crippen LogP contribution is 2.25. The molecular weight excluding hydrogens is 331 g/mol. The van der Waals surface area contributed by atoms with Crippen molar-refractivity contribution >= 4 is 28.6 Å². The third-order valence-electron chi connectivity index (χ3n) is 1.88. The highest BCUT2D eigenvalue weighted by atomic mass is 127. The third-order valence-corrected chi connectivity index (χ3v) is 2.98. The molecule has 1 aromatic heterocycles. The van der Waals surface area contributed by atoms with E-state index in [9.17, 15) is 13.6 Å². The van der Waals surface area contributed by atoms with E-state index in [1.54, 1.807) is 13.8 Å². The number of carbonyl (C=O) groups excluding carboxylic acids is 1. The minimum absolute atomic E-state index is 0.133. The molecule has 88 valence electrons. The zero-order valence-electron chi connectivity index (χ0n) is 8.76. The van der Waals surface area contributed by atoms with Gasteiger partial charge >= 0.3 is 5.97 Å². The lowest BCUT2D eigenvalue weighted by atomic mass is 10.1. The van der Waals surface area contributed by atoms with Crippen molar-refractivity contribution in [2.45, 2.75) is 20.3 Å². The molecule has 0 fully saturated rings. The van der Waals surface area contributed by atoms with Crippen molar-refractivity contribution < 1.29 is 18.3 Å². The third kappa shape index (κ3) is 2.87. The Hall–Kier alpha value is -0.790. The first kappa shape index (κ1) is 13.3. The summed E-state index contributed by atoms with van der Waals surface area (Å²) in [5.74, 6) is -0.810. The van der Waals surface area contributed by atoms with Crippen LogP contribution in [0.4, 0.5) is 8.78 Å². The summed E-state index contributed by atoms with van der Waals surface area (Å²) in [5.41, 5.74) is -0.0628. The number of alkyl halides is 2. The largest absolute Gasteiger partial charge is 0.461 e. The van der Waals surface area contributed by atoms with Gasteiger partial charge in [-0.25, -0.2) is 18.6 Å². The molecule has 0 aromatic carbocycles. The van der Waals surface area contributed by atoms with E-state index in [0.29, 0.717) is 9.26 Å². The molecule has 1 heterocycles. The van der Waals surface area contributed by atoms with Crippen LogP contribution in [0.1, 0.15) is 35.0 Å². The minimum atomic E-state index is -2.73. The van der Waals surface area contributed by atoms with E-state index in [-0.39, 0.29) is 17.9 Å². The fraction of sp³-hybridized carbons (Fsp3) is 0.400. The number of nitrogens with zero attached hydrogens (tertiary/aromatic N) is 1. The molecule has 3 nitrogen and oxygen atoms in total. The molecule has 0 aliphatic carbocycles. The van der Waals surface area contributed by atoms with Gasteiger partial charge in [-0.3, -0.25) is 0 Å². The van der Waals surface area contributed by atoms with Crippen LogP contribution in [0.25, 0.3) is 0 Å². The van der Waals surface area contributed by atoms with Gasteiger partial charge in [0.2, 0.25) is 0 Å². The van der Waals surface area contributed by atoms with Gasteiger partial charge in [0.25, 0.3) is 6.43 Å². The molecule has 0 spiro atoms. The fourth-order valence-corrected chi connectivity index (χ4v) is 1.54. The molecule has 0 saturated carbocycles. The van der Waals surface area contributed by atoms with E-state index < -0.39 is 12.4 Å². The highest BCUT2D eigenvalue weighted by molar-refractivity contribution is 14.1. The van der Waals surface area contributed by atoms with Gasteiger partial charge in [0.05, 0.1) is 12.2 Å². The second-order valence-corrected chi connectivity index (χ2v) is 4.08. The number of aryl methyl sites for hydroxylation is 1. The molecule has 0 atom stereocenters. The van der Waals surface area contributed by atoms with Gasteiger partial charge in [-0.05, 0) is 48.1 Å². The molecule has 0 unspecified atom stereocenters. The summed E-state index contributed by atoms with van der Waals surface area (Å²) in [6.07, 6.45) is -2.73. The summed E-state index contributed by atoms with van der Waals surface area (Å²) in [4.78, 5) is 15.3. The Kier molecular flexibility index (Phi) is 4.57. The first-order valence-corrected chi connectivity index (χ1v) is 5.67. The molecule has 0 amide bonds. The lowest BCUT2D eigenvalue weighted by Gasteiger charge is -2.09. The van der Waals surface area contributed by atoms with Gasteiger partial charge in [0.15, 0.2) is 5.69 Å². The number of halogens is 3. The van der Waals surface area contributed by atoms with Crippen LogP contribution in [-0.4, -0.2) is 17.6 Å². The number of aromatic nitrogens is 1. The topological polar surface area (TPSA) is 39.2 Å². The number of rotatable bonds is 3. The standard InChI is InChI=1S/C10H10F2INO2/c1-3-16-10(15)7-6(8(11)12)4-5(2)9(13)14-7/h4,8H,3H2,1-2H3. The van der Waals surface area contributed by atoms with Crippen LogP contribution in [0.5, 0.6) is 0 Å². The number of hydrogen-bond donors (Lipinski definition) is 0. The molecule has 0 aliphatic rings. The SMILES string of the molecule is CCOC(=O)c1nc(I)c(C)cc1C(F)F. The summed E-state index contributed by atoms with van der Waals surface area (Å²) >= 11 is 1.89. The Morgan fingerprint density at radius 2 is 2.25 bits per heavy atom. The van der Waals surface area contributed by atoms with E-state index in [1.807, 2.05) is 22.6 Å². The average Bonchev–Trinajstić information content (AvgIpc) is 2.21. The Balaban J connectivity index is 3.24. The number of pyridine rings is 1. The maximum Gasteiger partial charge on any atom is 0.357 e.